The highest BCUT2D eigenvalue weighted by molar-refractivity contribution is 7.86. The Balaban J connectivity index is 1.92. The number of hydrogen-bond acceptors (Lipinski definition) is 6. The van der Waals surface area contributed by atoms with E-state index in [-0.39, 0.29) is 35.0 Å². The molecule has 11 heteroatoms. The first-order valence-electron chi connectivity index (χ1n) is 9.10. The monoisotopic (exact) mass is 442 g/mol. The Bertz CT molecular complexity index is 1140. The molecule has 1 heterocycles. The van der Waals surface area contributed by atoms with Crippen LogP contribution >= 0.6 is 0 Å². The number of nitro groups is 2. The molecule has 31 heavy (non-hydrogen) atoms. The number of nitro benzene ring substituents is 2. The first kappa shape index (κ1) is 22.0. The molecular formula is C20H18N4O6S. The summed E-state index contributed by atoms with van der Waals surface area (Å²) in [7, 11) is -1.09. The van der Waals surface area contributed by atoms with Gasteiger partial charge in [-0.2, -0.15) is 4.36 Å². The van der Waals surface area contributed by atoms with E-state index in [2.05, 4.69) is 4.36 Å². The molecule has 0 aliphatic carbocycles. The number of nitrogens with zero attached hydrogens (tertiary/aromatic N) is 4. The third-order valence-electron chi connectivity index (χ3n) is 4.77. The minimum absolute atomic E-state index is 0.126. The number of carbonyl (C=O) groups excluding carboxylic acids is 2. The largest absolute Gasteiger partial charge is 0.284 e. The lowest BCUT2D eigenvalue weighted by molar-refractivity contribution is -0.385. The number of non-ortho nitro benzene ring substituents is 2. The highest BCUT2D eigenvalue weighted by atomic mass is 32.2. The van der Waals surface area contributed by atoms with Crippen LogP contribution in [-0.2, 0) is 10.9 Å². The molecule has 1 aliphatic heterocycles. The standard InChI is InChI=1S/C20H18N4O6S/c1-13-11-22(20(26)16-5-9-18(10-6-16)24(29)30)31(12-14(13)2)21-19(25)15-3-7-17(8-4-15)23(27)28/h3-10H,11-12H2,1-2H3. The van der Waals surface area contributed by atoms with E-state index in [1.54, 1.807) is 0 Å². The molecular weight excluding hydrogens is 424 g/mol. The van der Waals surface area contributed by atoms with E-state index < -0.39 is 26.6 Å². The van der Waals surface area contributed by atoms with Gasteiger partial charge in [-0.1, -0.05) is 11.1 Å². The van der Waals surface area contributed by atoms with Crippen LogP contribution in [0, 0.1) is 20.2 Å². The van der Waals surface area contributed by atoms with Crippen molar-refractivity contribution in [1.82, 2.24) is 4.31 Å². The number of benzene rings is 2. The third kappa shape index (κ3) is 4.89. The minimum Gasteiger partial charge on any atom is -0.269 e. The van der Waals surface area contributed by atoms with Gasteiger partial charge in [0.25, 0.3) is 23.2 Å². The molecule has 1 unspecified atom stereocenters. The predicted octanol–water partition coefficient (Wildman–Crippen LogP) is 3.85. The molecule has 0 N–H and O–H groups in total. The van der Waals surface area contributed by atoms with Crippen LogP contribution in [0.4, 0.5) is 11.4 Å². The van der Waals surface area contributed by atoms with Crippen LogP contribution < -0.4 is 0 Å². The van der Waals surface area contributed by atoms with Gasteiger partial charge in [0, 0.05) is 52.0 Å². The number of rotatable bonds is 4. The Labute approximate surface area is 179 Å². The molecule has 3 rings (SSSR count). The van der Waals surface area contributed by atoms with Gasteiger partial charge in [0.2, 0.25) is 0 Å². The van der Waals surface area contributed by atoms with Crippen molar-refractivity contribution in [3.8, 4) is 0 Å². The minimum atomic E-state index is -1.09. The highest BCUT2D eigenvalue weighted by Crippen LogP contribution is 2.23. The van der Waals surface area contributed by atoms with E-state index >= 15 is 0 Å². The van der Waals surface area contributed by atoms with E-state index in [0.717, 1.165) is 11.1 Å². The second-order valence-corrected chi connectivity index (χ2v) is 8.48. The zero-order valence-electron chi connectivity index (χ0n) is 16.7. The van der Waals surface area contributed by atoms with Crippen LogP contribution in [0.2, 0.25) is 0 Å². The second kappa shape index (κ2) is 8.96. The molecule has 0 spiro atoms. The lowest BCUT2D eigenvalue weighted by atomic mass is 10.1. The van der Waals surface area contributed by atoms with Crippen molar-refractivity contribution in [2.24, 2.45) is 4.36 Å². The second-order valence-electron chi connectivity index (χ2n) is 6.89. The summed E-state index contributed by atoms with van der Waals surface area (Å²) in [5.41, 5.74) is 2.19. The van der Waals surface area contributed by atoms with Gasteiger partial charge in [-0.25, -0.2) is 0 Å². The fourth-order valence-electron chi connectivity index (χ4n) is 2.81. The Kier molecular flexibility index (Phi) is 6.35. The average molecular weight is 442 g/mol. The SMILES string of the molecule is CC1=C(C)CS(=NC(=O)c2ccc([N+](=O)[O-])cc2)N(C(=O)c2ccc([N+](=O)[O-])cc2)C1. The van der Waals surface area contributed by atoms with Crippen molar-refractivity contribution < 1.29 is 19.4 Å². The summed E-state index contributed by atoms with van der Waals surface area (Å²) in [5, 5.41) is 21.6. The zero-order valence-corrected chi connectivity index (χ0v) is 17.5. The molecule has 0 saturated carbocycles. The van der Waals surface area contributed by atoms with Crippen molar-refractivity contribution in [3.63, 3.8) is 0 Å². The Morgan fingerprint density at radius 3 is 1.84 bits per heavy atom. The molecule has 2 aromatic carbocycles. The number of amides is 2. The fraction of sp³-hybridized carbons (Fsp3) is 0.200. The van der Waals surface area contributed by atoms with Crippen molar-refractivity contribution in [1.29, 1.82) is 0 Å². The summed E-state index contributed by atoms with van der Waals surface area (Å²) < 4.78 is 5.70. The molecule has 0 fully saturated rings. The van der Waals surface area contributed by atoms with Crippen molar-refractivity contribution in [3.05, 3.63) is 91.0 Å². The van der Waals surface area contributed by atoms with Gasteiger partial charge in [-0.05, 0) is 38.1 Å². The van der Waals surface area contributed by atoms with Crippen LogP contribution in [0.15, 0.2) is 64.0 Å². The third-order valence-corrected chi connectivity index (χ3v) is 6.65. The molecule has 0 bridgehead atoms. The van der Waals surface area contributed by atoms with Crippen LogP contribution in [0.1, 0.15) is 34.6 Å². The summed E-state index contributed by atoms with van der Waals surface area (Å²) in [6.07, 6.45) is 0. The fourth-order valence-corrected chi connectivity index (χ4v) is 4.70. The van der Waals surface area contributed by atoms with E-state index in [1.165, 1.54) is 52.8 Å². The molecule has 160 valence electrons. The molecule has 0 saturated heterocycles. The smallest absolute Gasteiger partial charge is 0.269 e. The molecule has 0 radical (unpaired) electrons. The lowest BCUT2D eigenvalue weighted by Gasteiger charge is -2.30. The van der Waals surface area contributed by atoms with Gasteiger partial charge in [0.15, 0.2) is 0 Å². The van der Waals surface area contributed by atoms with Gasteiger partial charge in [-0.15, -0.1) is 0 Å². The van der Waals surface area contributed by atoms with Crippen LogP contribution in [0.5, 0.6) is 0 Å². The quantitative estimate of drug-likeness (QED) is 0.401. The van der Waals surface area contributed by atoms with Crippen molar-refractivity contribution in [2.75, 3.05) is 12.3 Å². The molecule has 0 aromatic heterocycles. The maximum Gasteiger partial charge on any atom is 0.284 e. The van der Waals surface area contributed by atoms with E-state index in [1.807, 2.05) is 13.8 Å². The van der Waals surface area contributed by atoms with Gasteiger partial charge < -0.3 is 0 Å². The summed E-state index contributed by atoms with van der Waals surface area (Å²) >= 11 is 0. The van der Waals surface area contributed by atoms with Crippen LogP contribution in [-0.4, -0.2) is 38.3 Å². The van der Waals surface area contributed by atoms with Crippen molar-refractivity contribution >= 4 is 34.1 Å². The maximum atomic E-state index is 13.1. The molecule has 1 atom stereocenters. The molecule has 1 aliphatic rings. The highest BCUT2D eigenvalue weighted by Gasteiger charge is 2.27. The average Bonchev–Trinajstić information content (AvgIpc) is 2.75. The van der Waals surface area contributed by atoms with E-state index in [4.69, 9.17) is 0 Å². The first-order valence-corrected chi connectivity index (χ1v) is 10.4. The normalized spacial score (nSPS) is 16.3. The first-order chi connectivity index (χ1) is 14.7. The number of hydrogen-bond donors (Lipinski definition) is 0. The summed E-state index contributed by atoms with van der Waals surface area (Å²) in [6.45, 7) is 4.08. The Morgan fingerprint density at radius 1 is 0.871 bits per heavy atom. The summed E-state index contributed by atoms with van der Waals surface area (Å²) in [6, 6.07) is 10.4. The summed E-state index contributed by atoms with van der Waals surface area (Å²) in [5.74, 6) is -0.569. The zero-order chi connectivity index (χ0) is 22.7. The van der Waals surface area contributed by atoms with Gasteiger partial charge in [0.1, 0.15) is 0 Å². The Morgan fingerprint density at radius 2 is 1.35 bits per heavy atom. The van der Waals surface area contributed by atoms with Gasteiger partial charge in [-0.3, -0.25) is 34.1 Å². The maximum absolute atomic E-state index is 13.1. The van der Waals surface area contributed by atoms with Crippen molar-refractivity contribution in [2.45, 2.75) is 13.8 Å². The van der Waals surface area contributed by atoms with E-state index in [0.29, 0.717) is 5.75 Å². The van der Waals surface area contributed by atoms with E-state index in [9.17, 15) is 29.8 Å². The van der Waals surface area contributed by atoms with Gasteiger partial charge >= 0.3 is 0 Å². The molecule has 10 nitrogen and oxygen atoms in total. The molecule has 2 amide bonds. The van der Waals surface area contributed by atoms with Gasteiger partial charge in [0.05, 0.1) is 16.4 Å². The Hall–Kier alpha value is -3.73. The lowest BCUT2D eigenvalue weighted by Crippen LogP contribution is -2.39. The predicted molar refractivity (Wildman–Crippen MR) is 115 cm³/mol. The topological polar surface area (TPSA) is 136 Å². The molecule has 2 aromatic rings. The van der Waals surface area contributed by atoms with Crippen LogP contribution in [0.3, 0.4) is 0 Å². The van der Waals surface area contributed by atoms with Crippen LogP contribution in [0.25, 0.3) is 0 Å². The summed E-state index contributed by atoms with van der Waals surface area (Å²) in [4.78, 5) is 46.2. The number of carbonyl (C=O) groups is 2.